The minimum atomic E-state index is -0.591. The van der Waals surface area contributed by atoms with Gasteiger partial charge in [-0.15, -0.1) is 0 Å². The van der Waals surface area contributed by atoms with Crippen LogP contribution in [0.4, 0.5) is 5.69 Å². The van der Waals surface area contributed by atoms with Gasteiger partial charge in [0.15, 0.2) is 6.61 Å². The Kier molecular flexibility index (Phi) is 5.82. The molecule has 2 aromatic rings. The van der Waals surface area contributed by atoms with Crippen LogP contribution in [-0.2, 0) is 9.53 Å². The quantitative estimate of drug-likeness (QED) is 0.836. The number of rotatable bonds is 5. The van der Waals surface area contributed by atoms with Gasteiger partial charge in [0.2, 0.25) is 0 Å². The zero-order chi connectivity index (χ0) is 17.7. The molecule has 0 aliphatic heterocycles. The molecule has 0 unspecified atom stereocenters. The van der Waals surface area contributed by atoms with Crippen LogP contribution < -0.4 is 10.1 Å². The minimum Gasteiger partial charge on any atom is -0.496 e. The molecule has 0 aliphatic carbocycles. The number of amides is 1. The Bertz CT molecular complexity index is 774. The number of nitrogens with one attached hydrogen (secondary N) is 1. The predicted molar refractivity (Wildman–Crippen MR) is 92.8 cm³/mol. The molecule has 0 saturated carbocycles. The van der Waals surface area contributed by atoms with Gasteiger partial charge in [0.25, 0.3) is 5.91 Å². The van der Waals surface area contributed by atoms with Gasteiger partial charge < -0.3 is 14.8 Å². The van der Waals surface area contributed by atoms with Crippen molar-refractivity contribution in [1.82, 2.24) is 0 Å². The van der Waals surface area contributed by atoms with E-state index in [1.807, 2.05) is 13.8 Å². The summed E-state index contributed by atoms with van der Waals surface area (Å²) in [4.78, 5) is 24.0. The highest BCUT2D eigenvalue weighted by atomic mass is 35.5. The van der Waals surface area contributed by atoms with Crippen molar-refractivity contribution in [3.63, 3.8) is 0 Å². The number of carbonyl (C=O) groups excluding carboxylic acids is 2. The smallest absolute Gasteiger partial charge is 0.338 e. The maximum absolute atomic E-state index is 12.0. The number of benzene rings is 2. The molecule has 24 heavy (non-hydrogen) atoms. The predicted octanol–water partition coefficient (Wildman–Crippen LogP) is 3.76. The number of ether oxygens (including phenoxy) is 2. The Morgan fingerprint density at radius 2 is 1.79 bits per heavy atom. The van der Waals surface area contributed by atoms with E-state index in [4.69, 9.17) is 21.1 Å². The van der Waals surface area contributed by atoms with Crippen LogP contribution in [0.3, 0.4) is 0 Å². The van der Waals surface area contributed by atoms with Crippen molar-refractivity contribution in [2.24, 2.45) is 0 Å². The molecule has 0 heterocycles. The van der Waals surface area contributed by atoms with Crippen LogP contribution in [0, 0.1) is 13.8 Å². The number of carbonyl (C=O) groups is 2. The van der Waals surface area contributed by atoms with E-state index >= 15 is 0 Å². The fourth-order valence-electron chi connectivity index (χ4n) is 2.08. The molecule has 126 valence electrons. The van der Waals surface area contributed by atoms with Crippen LogP contribution in [-0.4, -0.2) is 25.6 Å². The SMILES string of the molecule is COc1cc(C(=O)OCC(=O)Nc2cc(Cl)ccc2C)ccc1C. The lowest BCUT2D eigenvalue weighted by molar-refractivity contribution is -0.119. The van der Waals surface area contributed by atoms with E-state index in [1.165, 1.54) is 7.11 Å². The maximum atomic E-state index is 12.0. The summed E-state index contributed by atoms with van der Waals surface area (Å²) in [6.45, 7) is 3.33. The van der Waals surface area contributed by atoms with Crippen LogP contribution in [0.2, 0.25) is 5.02 Å². The Balaban J connectivity index is 1.96. The molecule has 0 bridgehead atoms. The summed E-state index contributed by atoms with van der Waals surface area (Å²) in [6.07, 6.45) is 0. The average Bonchev–Trinajstić information content (AvgIpc) is 2.56. The molecule has 0 saturated heterocycles. The number of halogens is 1. The van der Waals surface area contributed by atoms with Gasteiger partial charge in [-0.2, -0.15) is 0 Å². The largest absolute Gasteiger partial charge is 0.496 e. The first-order chi connectivity index (χ1) is 11.4. The number of esters is 1. The minimum absolute atomic E-state index is 0.323. The zero-order valence-corrected chi connectivity index (χ0v) is 14.4. The number of hydrogen-bond acceptors (Lipinski definition) is 4. The van der Waals surface area contributed by atoms with E-state index < -0.39 is 11.9 Å². The highest BCUT2D eigenvalue weighted by molar-refractivity contribution is 6.31. The summed E-state index contributed by atoms with van der Waals surface area (Å²) in [6, 6.07) is 10.1. The van der Waals surface area contributed by atoms with Gasteiger partial charge in [0.1, 0.15) is 5.75 Å². The molecule has 2 rings (SSSR count). The zero-order valence-electron chi connectivity index (χ0n) is 13.7. The second kappa shape index (κ2) is 7.84. The summed E-state index contributed by atoms with van der Waals surface area (Å²) in [5, 5.41) is 3.18. The second-order valence-corrected chi connectivity index (χ2v) is 5.70. The highest BCUT2D eigenvalue weighted by Crippen LogP contribution is 2.21. The number of anilines is 1. The van der Waals surface area contributed by atoms with Gasteiger partial charge in [0, 0.05) is 10.7 Å². The topological polar surface area (TPSA) is 64.6 Å². The van der Waals surface area contributed by atoms with Crippen LogP contribution in [0.15, 0.2) is 36.4 Å². The van der Waals surface area contributed by atoms with E-state index in [9.17, 15) is 9.59 Å². The summed E-state index contributed by atoms with van der Waals surface area (Å²) < 4.78 is 10.2. The molecule has 0 aromatic heterocycles. The molecule has 5 nitrogen and oxygen atoms in total. The third-order valence-electron chi connectivity index (χ3n) is 3.45. The molecule has 0 radical (unpaired) electrons. The first-order valence-corrected chi connectivity index (χ1v) is 7.66. The summed E-state index contributed by atoms with van der Waals surface area (Å²) in [5.74, 6) is -0.442. The van der Waals surface area contributed by atoms with Crippen LogP contribution in [0.1, 0.15) is 21.5 Å². The second-order valence-electron chi connectivity index (χ2n) is 5.27. The molecular formula is C18H18ClNO4. The van der Waals surface area contributed by atoms with Crippen molar-refractivity contribution in [2.75, 3.05) is 19.0 Å². The molecule has 6 heteroatoms. The van der Waals surface area contributed by atoms with Crippen LogP contribution in [0.5, 0.6) is 5.75 Å². The monoisotopic (exact) mass is 347 g/mol. The van der Waals surface area contributed by atoms with E-state index in [2.05, 4.69) is 5.32 Å². The summed E-state index contributed by atoms with van der Waals surface area (Å²) in [7, 11) is 1.53. The first kappa shape index (κ1) is 17.8. The van der Waals surface area contributed by atoms with Gasteiger partial charge in [-0.3, -0.25) is 4.79 Å². The molecule has 1 N–H and O–H groups in total. The normalized spacial score (nSPS) is 10.2. The maximum Gasteiger partial charge on any atom is 0.338 e. The lowest BCUT2D eigenvalue weighted by atomic mass is 10.1. The standard InChI is InChI=1S/C18H18ClNO4/c1-11-5-7-14(19)9-15(11)20-17(21)10-24-18(22)13-6-4-12(2)16(8-13)23-3/h4-9H,10H2,1-3H3,(H,20,21). The average molecular weight is 348 g/mol. The van der Waals surface area contributed by atoms with Gasteiger partial charge in [-0.25, -0.2) is 4.79 Å². The van der Waals surface area contributed by atoms with Crippen molar-refractivity contribution in [3.05, 3.63) is 58.1 Å². The molecule has 0 spiro atoms. The number of methoxy groups -OCH3 is 1. The first-order valence-electron chi connectivity index (χ1n) is 7.28. The van der Waals surface area contributed by atoms with Crippen LogP contribution >= 0.6 is 11.6 Å². The van der Waals surface area contributed by atoms with Crippen LogP contribution in [0.25, 0.3) is 0 Å². The lowest BCUT2D eigenvalue weighted by Crippen LogP contribution is -2.21. The lowest BCUT2D eigenvalue weighted by Gasteiger charge is -2.10. The van der Waals surface area contributed by atoms with Crippen molar-refractivity contribution in [3.8, 4) is 5.75 Å². The van der Waals surface area contributed by atoms with Crippen molar-refractivity contribution in [2.45, 2.75) is 13.8 Å². The van der Waals surface area contributed by atoms with Gasteiger partial charge >= 0.3 is 5.97 Å². The summed E-state index contributed by atoms with van der Waals surface area (Å²) >= 11 is 5.90. The van der Waals surface area contributed by atoms with Crippen molar-refractivity contribution in [1.29, 1.82) is 0 Å². The van der Waals surface area contributed by atoms with E-state index in [0.717, 1.165) is 11.1 Å². The summed E-state index contributed by atoms with van der Waals surface area (Å²) in [5.41, 5.74) is 2.68. The van der Waals surface area contributed by atoms with E-state index in [-0.39, 0.29) is 6.61 Å². The molecule has 2 aromatic carbocycles. The van der Waals surface area contributed by atoms with Gasteiger partial charge in [-0.05, 0) is 49.2 Å². The van der Waals surface area contributed by atoms with Gasteiger partial charge in [-0.1, -0.05) is 23.7 Å². The van der Waals surface area contributed by atoms with E-state index in [1.54, 1.807) is 36.4 Å². The Hall–Kier alpha value is -2.53. The highest BCUT2D eigenvalue weighted by Gasteiger charge is 2.13. The Labute approximate surface area is 145 Å². The molecule has 0 aliphatic rings. The number of aryl methyl sites for hydroxylation is 2. The fraction of sp³-hybridized carbons (Fsp3) is 0.222. The third kappa shape index (κ3) is 4.49. The fourth-order valence-corrected chi connectivity index (χ4v) is 2.25. The molecule has 1 amide bonds. The Morgan fingerprint density at radius 3 is 2.50 bits per heavy atom. The van der Waals surface area contributed by atoms with Gasteiger partial charge in [0.05, 0.1) is 12.7 Å². The Morgan fingerprint density at radius 1 is 1.08 bits per heavy atom. The van der Waals surface area contributed by atoms with Crippen molar-refractivity contribution >= 4 is 29.2 Å². The molecule has 0 fully saturated rings. The van der Waals surface area contributed by atoms with E-state index in [0.29, 0.717) is 22.0 Å². The van der Waals surface area contributed by atoms with Crippen molar-refractivity contribution < 1.29 is 19.1 Å². The molecule has 0 atom stereocenters. The number of hydrogen-bond donors (Lipinski definition) is 1. The third-order valence-corrected chi connectivity index (χ3v) is 3.69. The molecular weight excluding hydrogens is 330 g/mol.